The fraction of sp³-hybridized carbons (Fsp3) is 0.762. The second kappa shape index (κ2) is 47.4. The number of aliphatic hydroxyl groups excluding tert-OH is 4. The molecule has 3 saturated carbocycles. The number of aromatic hydroxyl groups is 3. The first-order valence-electron chi connectivity index (χ1n) is 38.6. The van der Waals surface area contributed by atoms with Gasteiger partial charge in [0.2, 0.25) is 0 Å². The first kappa shape index (κ1) is 84.8. The second-order valence-corrected chi connectivity index (χ2v) is 29.3. The maximum atomic E-state index is 12.9. The number of ether oxygens (including phenoxy) is 6. The molecule has 6 fully saturated rings. The molecule has 98 heavy (non-hydrogen) atoms. The number of hydrogen-bond acceptors (Lipinski definition) is 15. The molecular formula is C80H128BNaO14PS. The van der Waals surface area contributed by atoms with Crippen LogP contribution in [0, 0.1) is 53.3 Å². The summed E-state index contributed by atoms with van der Waals surface area (Å²) >= 11 is 4.03. The summed E-state index contributed by atoms with van der Waals surface area (Å²) in [6.07, 6.45) is 38.4. The molecule has 14 nitrogen and oxygen atoms in total. The van der Waals surface area contributed by atoms with Gasteiger partial charge in [-0.05, 0) is 274 Å². The van der Waals surface area contributed by atoms with E-state index in [1.807, 2.05) is 18.2 Å². The van der Waals surface area contributed by atoms with Crippen LogP contribution in [0.15, 0.2) is 54.6 Å². The molecule has 3 aromatic carbocycles. The van der Waals surface area contributed by atoms with E-state index in [-0.39, 0.29) is 103 Å². The van der Waals surface area contributed by atoms with E-state index in [1.54, 1.807) is 18.2 Å². The molecule has 0 spiro atoms. The number of unbranched alkanes of at least 4 members (excludes halogenated alkanes) is 6. The minimum Gasteiger partial charge on any atom is -1.00 e. The van der Waals surface area contributed by atoms with Crippen molar-refractivity contribution in [3.63, 3.8) is 0 Å². The Balaban J connectivity index is 0.000000300. The minimum atomic E-state index is -0.223. The Morgan fingerprint density at radius 2 is 0.837 bits per heavy atom. The molecule has 9 aliphatic rings. The van der Waals surface area contributed by atoms with E-state index in [0.717, 1.165) is 198 Å². The van der Waals surface area contributed by atoms with Crippen molar-refractivity contribution in [2.24, 2.45) is 53.3 Å². The summed E-state index contributed by atoms with van der Waals surface area (Å²) in [6, 6.07) is 17.7. The molecule has 3 saturated heterocycles. The van der Waals surface area contributed by atoms with Crippen LogP contribution in [0.5, 0.6) is 17.2 Å². The summed E-state index contributed by atoms with van der Waals surface area (Å²) in [7, 11) is 2.25. The number of Topliss-reactive ketones (excluding diaryl/α,β-unsaturated/α-hetero) is 1. The molecule has 6 aliphatic carbocycles. The summed E-state index contributed by atoms with van der Waals surface area (Å²) in [5, 5.41) is 66.5. The fourth-order valence-corrected chi connectivity index (χ4v) is 18.2. The van der Waals surface area contributed by atoms with Gasteiger partial charge in [0.05, 0.1) is 30.5 Å². The number of ketones is 1. The summed E-state index contributed by atoms with van der Waals surface area (Å²) < 4.78 is 42.7. The van der Waals surface area contributed by atoms with Gasteiger partial charge in [0.25, 0.3) is 0 Å². The zero-order valence-corrected chi connectivity index (χ0v) is 64.7. The average molecular weight is 1410 g/mol. The molecule has 3 aliphatic heterocycles. The van der Waals surface area contributed by atoms with Crippen molar-refractivity contribution in [2.45, 2.75) is 301 Å². The Morgan fingerprint density at radius 3 is 1.17 bits per heavy atom. The molecule has 0 aromatic heterocycles. The molecule has 3 aromatic rings. The van der Waals surface area contributed by atoms with Gasteiger partial charge >= 0.3 is 29.6 Å². The van der Waals surface area contributed by atoms with Gasteiger partial charge in [-0.1, -0.05) is 127 Å². The Kier molecular flexibility index (Phi) is 41.0. The van der Waals surface area contributed by atoms with E-state index >= 15 is 0 Å². The SMILES string of the molecule is CCCCC[C@@H](CC[C@@H]1[C@H]2Cc3cccc(O)c3C[C@H]2C[C@H]1O)OC1CCCCO1.CCCCC[C@@H](CC[C@@H]1[C@H]2Cc3cccc(O)c3C[C@H]2C[C@H]1O)OC1CCCCO1.CCCCC[C@@H](CC[C@H]1C(=O)C[C@@H]2Cc3c(O)cccc3C[C@@H]21)OC1CCCCO1.CO.CO.[3H]P=S.[B].[H-].[Na+]. The number of rotatable bonds is 27. The van der Waals surface area contributed by atoms with Gasteiger partial charge in [0.1, 0.15) is 24.3 Å². The van der Waals surface area contributed by atoms with Crippen molar-refractivity contribution in [1.29, 1.82) is 1.28 Å². The van der Waals surface area contributed by atoms with Gasteiger partial charge in [-0.2, -0.15) is 0 Å². The first-order chi connectivity index (χ1) is 47.4. The number of fused-ring (bicyclic) bond motifs is 6. The molecule has 18 heteroatoms. The van der Waals surface area contributed by atoms with Crippen molar-refractivity contribution < 1.29 is 99.9 Å². The first-order valence-corrected chi connectivity index (χ1v) is 39.6. The number of carbonyl (C=O) groups is 1. The van der Waals surface area contributed by atoms with E-state index in [1.165, 1.54) is 93.7 Å². The van der Waals surface area contributed by atoms with Crippen LogP contribution in [0.25, 0.3) is 0 Å². The van der Waals surface area contributed by atoms with Crippen molar-refractivity contribution in [1.82, 2.24) is 0 Å². The standard InChI is InChI=1S/2C26H40O4.C26H38O4.2CH4O.B.Na.HPS.H/c3*1-2-3-4-9-20(30-26-11-5-6-14-29-26)12-13-21-22-15-18-8-7-10-24(27)23(18)16-19(22)17-25(21)28;2*1-2;;;1-2;/h2*7-8,10,19-22,25-28H,2-6,9,11-17H2,1H3;7-8,10,19-22,26-27H,2-6,9,11-17H2,1H3;2*2H,1H3;;;1H;/q;;;;;;+1;;-1/t2*19-,20-,21+,22-,25+,26?;19-,20-,21+,22-,26?;;;;;;/m000....../s1/i;;;;;;;1T;. The van der Waals surface area contributed by atoms with Crippen LogP contribution in [-0.4, -0.2) is 135 Å². The normalized spacial score (nSPS) is 28.9. The third-order valence-electron chi connectivity index (χ3n) is 23.2. The monoisotopic (exact) mass is 1410 g/mol. The Labute approximate surface area is 624 Å². The van der Waals surface area contributed by atoms with Gasteiger partial charge in [-0.15, -0.1) is 0 Å². The minimum absolute atomic E-state index is 0. The van der Waals surface area contributed by atoms with Crippen molar-refractivity contribution >= 4 is 34.0 Å². The van der Waals surface area contributed by atoms with Crippen LogP contribution in [0.4, 0.5) is 0 Å². The zero-order valence-electron chi connectivity index (χ0n) is 63.0. The molecule has 17 atom stereocenters. The van der Waals surface area contributed by atoms with E-state index in [4.69, 9.17) is 39.9 Å². The van der Waals surface area contributed by atoms with Crippen LogP contribution in [-0.2, 0) is 83.5 Å². The van der Waals surface area contributed by atoms with Crippen molar-refractivity contribution in [2.75, 3.05) is 34.0 Å². The summed E-state index contributed by atoms with van der Waals surface area (Å²) in [6.45, 7) is 9.18. The maximum Gasteiger partial charge on any atom is 1.00 e. The maximum absolute atomic E-state index is 12.9. The fourth-order valence-electron chi connectivity index (χ4n) is 18.2. The molecule has 3 radical (unpaired) electrons. The summed E-state index contributed by atoms with van der Waals surface area (Å²) in [4.78, 5) is 12.9. The molecular weight excluding hydrogens is 1280 g/mol. The third-order valence-corrected chi connectivity index (χ3v) is 23.2. The van der Waals surface area contributed by atoms with Crippen LogP contribution in [0.3, 0.4) is 0 Å². The Morgan fingerprint density at radius 1 is 0.500 bits per heavy atom. The summed E-state index contributed by atoms with van der Waals surface area (Å²) in [5.41, 5.74) is 7.09. The van der Waals surface area contributed by atoms with Crippen LogP contribution in [0.1, 0.15) is 248 Å². The van der Waals surface area contributed by atoms with Gasteiger partial charge in [0.15, 0.2) is 18.9 Å². The topological polar surface area (TPSA) is 214 Å². The molecule has 3 unspecified atom stereocenters. The third kappa shape index (κ3) is 25.6. The smallest absolute Gasteiger partial charge is 1.00 e. The number of phenols is 3. The van der Waals surface area contributed by atoms with Crippen molar-refractivity contribution in [3.05, 3.63) is 88.0 Å². The number of benzene rings is 3. The van der Waals surface area contributed by atoms with E-state index in [0.29, 0.717) is 76.8 Å². The number of carbonyl (C=O) groups excluding carboxylic acids is 1. The van der Waals surface area contributed by atoms with E-state index in [9.17, 15) is 30.3 Å². The van der Waals surface area contributed by atoms with Gasteiger partial charge in [0, 0.05) is 54.8 Å². The average Bonchev–Trinajstić information content (AvgIpc) is 1.58. The van der Waals surface area contributed by atoms with Gasteiger partial charge < -0.3 is 65.6 Å². The number of phenolic OH excluding ortho intramolecular Hbond substituents is 3. The van der Waals surface area contributed by atoms with Crippen LogP contribution in [0.2, 0.25) is 0 Å². The predicted octanol–water partition coefficient (Wildman–Crippen LogP) is 12.9. The van der Waals surface area contributed by atoms with Crippen LogP contribution >= 0.6 is 7.96 Å². The molecule has 0 amide bonds. The zero-order chi connectivity index (χ0) is 69.5. The van der Waals surface area contributed by atoms with Gasteiger partial charge in [-0.25, -0.2) is 0 Å². The number of hydrogen-bond donors (Lipinski definition) is 7. The predicted molar refractivity (Wildman–Crippen MR) is 393 cm³/mol. The van der Waals surface area contributed by atoms with E-state index < -0.39 is 0 Å². The Hall–Kier alpha value is -2.09. The second-order valence-electron chi connectivity index (χ2n) is 29.3. The molecule has 3 heterocycles. The molecule has 0 bridgehead atoms. The van der Waals surface area contributed by atoms with Gasteiger partial charge in [-0.3, -0.25) is 4.79 Å². The molecule has 12 rings (SSSR count). The van der Waals surface area contributed by atoms with Crippen molar-refractivity contribution in [3.8, 4) is 17.2 Å². The van der Waals surface area contributed by atoms with Crippen LogP contribution < -0.4 is 29.6 Å². The Bertz CT molecular complexity index is 2590. The van der Waals surface area contributed by atoms with E-state index in [2.05, 4.69) is 50.8 Å². The number of aliphatic hydroxyl groups is 4. The molecule has 547 valence electrons. The molecule has 7 N–H and O–H groups in total. The summed E-state index contributed by atoms with van der Waals surface area (Å²) in [5.74, 6) is 5.38. The quantitative estimate of drug-likeness (QED) is 0.0215. The largest absolute Gasteiger partial charge is 1.00 e.